The predicted molar refractivity (Wildman–Crippen MR) is 120 cm³/mol. The highest BCUT2D eigenvalue weighted by atomic mass is 79.9. The lowest BCUT2D eigenvalue weighted by atomic mass is 10.1. The first-order valence-corrected chi connectivity index (χ1v) is 11.3. The zero-order valence-electron chi connectivity index (χ0n) is 16.6. The van der Waals surface area contributed by atoms with Gasteiger partial charge in [-0.05, 0) is 36.6 Å². The molecule has 0 radical (unpaired) electrons. The number of amides is 2. The van der Waals surface area contributed by atoms with Gasteiger partial charge in [0.2, 0.25) is 11.8 Å². The molecule has 0 aromatic heterocycles. The Morgan fingerprint density at radius 3 is 2.25 bits per heavy atom. The summed E-state index contributed by atoms with van der Waals surface area (Å²) in [5.74, 6) is 0.961. The molecule has 0 aliphatic carbocycles. The van der Waals surface area contributed by atoms with Crippen molar-refractivity contribution in [2.45, 2.75) is 38.6 Å². The summed E-state index contributed by atoms with van der Waals surface area (Å²) in [6.45, 7) is 4.40. The number of hydrogen-bond acceptors (Lipinski definition) is 3. The molecule has 2 aromatic carbocycles. The van der Waals surface area contributed by atoms with Gasteiger partial charge in [-0.15, -0.1) is 11.8 Å². The first-order valence-electron chi connectivity index (χ1n) is 9.33. The van der Waals surface area contributed by atoms with E-state index in [4.69, 9.17) is 0 Å². The maximum absolute atomic E-state index is 13.0. The Kier molecular flexibility index (Phi) is 9.06. The van der Waals surface area contributed by atoms with Crippen molar-refractivity contribution in [3.05, 3.63) is 69.7 Å². The van der Waals surface area contributed by atoms with Gasteiger partial charge in [0, 0.05) is 23.8 Å². The van der Waals surface area contributed by atoms with Crippen molar-refractivity contribution in [1.82, 2.24) is 10.2 Å². The molecule has 0 aliphatic heterocycles. The van der Waals surface area contributed by atoms with Gasteiger partial charge in [0.15, 0.2) is 0 Å². The number of hydrogen-bond donors (Lipinski definition) is 1. The van der Waals surface area contributed by atoms with E-state index in [0.29, 0.717) is 18.7 Å². The smallest absolute Gasteiger partial charge is 0.242 e. The molecule has 150 valence electrons. The van der Waals surface area contributed by atoms with Crippen LogP contribution in [-0.2, 0) is 21.9 Å². The summed E-state index contributed by atoms with van der Waals surface area (Å²) in [7, 11) is 1.61. The number of carbonyl (C=O) groups excluding carboxylic acids is 2. The number of nitrogens with one attached hydrogen (secondary N) is 1. The number of carbonyl (C=O) groups is 2. The molecule has 2 amide bonds. The van der Waals surface area contributed by atoms with Crippen molar-refractivity contribution in [3.63, 3.8) is 0 Å². The van der Waals surface area contributed by atoms with E-state index in [1.165, 1.54) is 11.1 Å². The number of likely N-dealkylation sites (N-methyl/N-ethyl adjacent to an activating group) is 1. The molecule has 1 atom stereocenters. The lowest BCUT2D eigenvalue weighted by molar-refractivity contribution is -0.139. The molecule has 4 nitrogen and oxygen atoms in total. The number of rotatable bonds is 9. The second-order valence-electron chi connectivity index (χ2n) is 6.66. The van der Waals surface area contributed by atoms with Crippen LogP contribution in [0.25, 0.3) is 0 Å². The molecule has 0 saturated carbocycles. The van der Waals surface area contributed by atoms with E-state index in [0.717, 1.165) is 15.8 Å². The summed E-state index contributed by atoms with van der Waals surface area (Å²) >= 11 is 5.00. The van der Waals surface area contributed by atoms with E-state index in [1.807, 2.05) is 62.4 Å². The first-order chi connectivity index (χ1) is 13.4. The number of benzene rings is 2. The molecule has 0 bridgehead atoms. The van der Waals surface area contributed by atoms with E-state index in [2.05, 4.69) is 21.2 Å². The van der Waals surface area contributed by atoms with E-state index in [1.54, 1.807) is 23.7 Å². The van der Waals surface area contributed by atoms with Crippen LogP contribution in [0.15, 0.2) is 53.0 Å². The van der Waals surface area contributed by atoms with Gasteiger partial charge in [0.25, 0.3) is 0 Å². The summed E-state index contributed by atoms with van der Waals surface area (Å²) in [5, 5.41) is 2.69. The standard InChI is InChI=1S/C22H27BrN2O2S/c1-4-20(22(27)24-3)25(13-17-7-5-16(2)6-8-17)21(26)15-28-14-18-9-11-19(23)12-10-18/h5-12,20H,4,13-15H2,1-3H3,(H,24,27). The Balaban J connectivity index is 2.07. The third-order valence-electron chi connectivity index (χ3n) is 4.51. The highest BCUT2D eigenvalue weighted by molar-refractivity contribution is 9.10. The van der Waals surface area contributed by atoms with Crippen LogP contribution in [0.3, 0.4) is 0 Å². The van der Waals surface area contributed by atoms with Crippen LogP contribution in [-0.4, -0.2) is 35.6 Å². The molecule has 0 fully saturated rings. The van der Waals surface area contributed by atoms with Crippen molar-refractivity contribution < 1.29 is 9.59 Å². The molecule has 0 spiro atoms. The molecule has 0 saturated heterocycles. The Morgan fingerprint density at radius 2 is 1.68 bits per heavy atom. The normalized spacial score (nSPS) is 11.7. The molecule has 0 heterocycles. The molecular formula is C22H27BrN2O2S. The van der Waals surface area contributed by atoms with Crippen molar-refractivity contribution in [3.8, 4) is 0 Å². The van der Waals surface area contributed by atoms with Crippen molar-refractivity contribution in [2.75, 3.05) is 12.8 Å². The van der Waals surface area contributed by atoms with Gasteiger partial charge in [-0.2, -0.15) is 0 Å². The van der Waals surface area contributed by atoms with Crippen molar-refractivity contribution in [2.24, 2.45) is 0 Å². The summed E-state index contributed by atoms with van der Waals surface area (Å²) < 4.78 is 1.04. The Morgan fingerprint density at radius 1 is 1.07 bits per heavy atom. The largest absolute Gasteiger partial charge is 0.357 e. The molecule has 1 N–H and O–H groups in total. The fourth-order valence-electron chi connectivity index (χ4n) is 2.90. The number of thioether (sulfide) groups is 1. The number of aryl methyl sites for hydroxylation is 1. The SMILES string of the molecule is CCC(C(=O)NC)N(Cc1ccc(C)cc1)C(=O)CSCc1ccc(Br)cc1. The van der Waals surface area contributed by atoms with Gasteiger partial charge < -0.3 is 10.2 Å². The average molecular weight is 463 g/mol. The maximum Gasteiger partial charge on any atom is 0.242 e. The third-order valence-corrected chi connectivity index (χ3v) is 6.03. The van der Waals surface area contributed by atoms with Crippen LogP contribution >= 0.6 is 27.7 Å². The van der Waals surface area contributed by atoms with Crippen LogP contribution in [0.1, 0.15) is 30.0 Å². The van der Waals surface area contributed by atoms with Gasteiger partial charge in [-0.25, -0.2) is 0 Å². The number of nitrogens with zero attached hydrogens (tertiary/aromatic N) is 1. The quantitative estimate of drug-likeness (QED) is 0.594. The van der Waals surface area contributed by atoms with Gasteiger partial charge in [0.1, 0.15) is 6.04 Å². The summed E-state index contributed by atoms with van der Waals surface area (Å²) in [6.07, 6.45) is 0.578. The molecule has 0 aliphatic rings. The molecule has 1 unspecified atom stereocenters. The molecule has 2 rings (SSSR count). The maximum atomic E-state index is 13.0. The third kappa shape index (κ3) is 6.67. The highest BCUT2D eigenvalue weighted by Crippen LogP contribution is 2.19. The zero-order valence-corrected chi connectivity index (χ0v) is 19.0. The Labute approximate surface area is 180 Å². The van der Waals surface area contributed by atoms with Crippen LogP contribution in [0.2, 0.25) is 0 Å². The van der Waals surface area contributed by atoms with Gasteiger partial charge in [0.05, 0.1) is 5.75 Å². The van der Waals surface area contributed by atoms with E-state index in [9.17, 15) is 9.59 Å². The lowest BCUT2D eigenvalue weighted by Crippen LogP contribution is -2.48. The zero-order chi connectivity index (χ0) is 20.5. The molecule has 6 heteroatoms. The Bertz CT molecular complexity index is 778. The minimum absolute atomic E-state index is 0.0156. The fraction of sp³-hybridized carbons (Fsp3) is 0.364. The summed E-state index contributed by atoms with van der Waals surface area (Å²) in [5.41, 5.74) is 3.37. The van der Waals surface area contributed by atoms with E-state index >= 15 is 0 Å². The van der Waals surface area contributed by atoms with Crippen LogP contribution < -0.4 is 5.32 Å². The summed E-state index contributed by atoms with van der Waals surface area (Å²) in [6, 6.07) is 15.7. The van der Waals surface area contributed by atoms with Crippen LogP contribution in [0.4, 0.5) is 0 Å². The fourth-order valence-corrected chi connectivity index (χ4v) is 4.03. The topological polar surface area (TPSA) is 49.4 Å². The first kappa shape index (κ1) is 22.5. The molecular weight excluding hydrogens is 436 g/mol. The van der Waals surface area contributed by atoms with Gasteiger partial charge >= 0.3 is 0 Å². The van der Waals surface area contributed by atoms with Gasteiger partial charge in [-0.3, -0.25) is 9.59 Å². The van der Waals surface area contributed by atoms with Crippen LogP contribution in [0, 0.1) is 6.92 Å². The minimum atomic E-state index is -0.466. The lowest BCUT2D eigenvalue weighted by Gasteiger charge is -2.30. The molecule has 2 aromatic rings. The molecule has 28 heavy (non-hydrogen) atoms. The summed E-state index contributed by atoms with van der Waals surface area (Å²) in [4.78, 5) is 27.0. The number of halogens is 1. The minimum Gasteiger partial charge on any atom is -0.357 e. The van der Waals surface area contributed by atoms with Crippen molar-refractivity contribution >= 4 is 39.5 Å². The predicted octanol–water partition coefficient (Wildman–Crippen LogP) is 4.54. The Hall–Kier alpha value is -1.79. The average Bonchev–Trinajstić information content (AvgIpc) is 2.70. The second kappa shape index (κ2) is 11.3. The van der Waals surface area contributed by atoms with Gasteiger partial charge in [-0.1, -0.05) is 64.8 Å². The highest BCUT2D eigenvalue weighted by Gasteiger charge is 2.27. The van der Waals surface area contributed by atoms with Crippen molar-refractivity contribution in [1.29, 1.82) is 0 Å². The van der Waals surface area contributed by atoms with Crippen LogP contribution in [0.5, 0.6) is 0 Å². The second-order valence-corrected chi connectivity index (χ2v) is 8.57. The van der Waals surface area contributed by atoms with E-state index < -0.39 is 6.04 Å². The van der Waals surface area contributed by atoms with E-state index in [-0.39, 0.29) is 11.8 Å². The monoisotopic (exact) mass is 462 g/mol.